The van der Waals surface area contributed by atoms with E-state index in [0.717, 1.165) is 21.1 Å². The lowest BCUT2D eigenvalue weighted by Gasteiger charge is -2.02. The fraction of sp³-hybridized carbons (Fsp3) is 0.333. The molecule has 2 aromatic rings. The number of fused-ring (bicyclic) bond motifs is 1. The van der Waals surface area contributed by atoms with Crippen molar-refractivity contribution in [3.8, 4) is 5.75 Å². The van der Waals surface area contributed by atoms with Crippen LogP contribution < -0.4 is 10.1 Å². The van der Waals surface area contributed by atoms with Gasteiger partial charge in [0.15, 0.2) is 5.13 Å². The molecule has 1 aromatic carbocycles. The van der Waals surface area contributed by atoms with Gasteiger partial charge in [-0.15, -0.1) is 0 Å². The minimum atomic E-state index is -0.821. The number of nitrogens with one attached hydrogen (secondary N) is 1. The normalized spacial score (nSPS) is 10.5. The maximum absolute atomic E-state index is 10.4. The molecule has 0 saturated heterocycles. The molecule has 1 aromatic heterocycles. The standard InChI is InChI=1S/C12H14N2O3S/c1-2-17-8-4-3-5-9-11(8)14-12(18-9)13-7-6-10(15)16/h3-5H,2,6-7H2,1H3,(H,13,14)(H,15,16). The summed E-state index contributed by atoms with van der Waals surface area (Å²) in [6, 6.07) is 5.77. The number of aromatic nitrogens is 1. The third-order valence-corrected chi connectivity index (χ3v) is 3.28. The zero-order chi connectivity index (χ0) is 13.0. The Hall–Kier alpha value is -1.82. The summed E-state index contributed by atoms with van der Waals surface area (Å²) >= 11 is 1.49. The summed E-state index contributed by atoms with van der Waals surface area (Å²) < 4.78 is 6.52. The van der Waals surface area contributed by atoms with Crippen molar-refractivity contribution < 1.29 is 14.6 Å². The lowest BCUT2D eigenvalue weighted by atomic mass is 10.3. The van der Waals surface area contributed by atoms with Gasteiger partial charge in [0.1, 0.15) is 11.3 Å². The van der Waals surface area contributed by atoms with Crippen molar-refractivity contribution in [2.45, 2.75) is 13.3 Å². The summed E-state index contributed by atoms with van der Waals surface area (Å²) in [6.45, 7) is 2.90. The van der Waals surface area contributed by atoms with Gasteiger partial charge in [0.2, 0.25) is 0 Å². The van der Waals surface area contributed by atoms with Crippen LogP contribution in [-0.2, 0) is 4.79 Å². The number of benzene rings is 1. The number of carboxylic acids is 1. The van der Waals surface area contributed by atoms with Crippen LogP contribution in [0.1, 0.15) is 13.3 Å². The maximum atomic E-state index is 10.4. The van der Waals surface area contributed by atoms with Crippen molar-refractivity contribution in [3.63, 3.8) is 0 Å². The Morgan fingerprint density at radius 3 is 3.11 bits per heavy atom. The van der Waals surface area contributed by atoms with Crippen molar-refractivity contribution in [1.29, 1.82) is 0 Å². The van der Waals surface area contributed by atoms with Gasteiger partial charge >= 0.3 is 5.97 Å². The van der Waals surface area contributed by atoms with Crippen molar-refractivity contribution >= 4 is 32.7 Å². The van der Waals surface area contributed by atoms with Crippen LogP contribution in [0, 0.1) is 0 Å². The third-order valence-electron chi connectivity index (χ3n) is 2.30. The predicted molar refractivity (Wildman–Crippen MR) is 71.5 cm³/mol. The maximum Gasteiger partial charge on any atom is 0.305 e. The fourth-order valence-electron chi connectivity index (χ4n) is 1.55. The first-order valence-electron chi connectivity index (χ1n) is 5.68. The number of hydrogen-bond donors (Lipinski definition) is 2. The molecule has 2 N–H and O–H groups in total. The first-order valence-corrected chi connectivity index (χ1v) is 6.50. The Morgan fingerprint density at radius 2 is 2.39 bits per heavy atom. The Balaban J connectivity index is 2.16. The molecule has 5 nitrogen and oxygen atoms in total. The van der Waals surface area contributed by atoms with Crippen LogP contribution in [0.25, 0.3) is 10.2 Å². The third kappa shape index (κ3) is 2.89. The number of aliphatic carboxylic acids is 1. The zero-order valence-electron chi connectivity index (χ0n) is 9.97. The summed E-state index contributed by atoms with van der Waals surface area (Å²) in [5.41, 5.74) is 0.821. The van der Waals surface area contributed by atoms with E-state index in [-0.39, 0.29) is 6.42 Å². The number of carbonyl (C=O) groups is 1. The average molecular weight is 266 g/mol. The second-order valence-corrected chi connectivity index (χ2v) is 4.66. The molecule has 0 aliphatic heterocycles. The quantitative estimate of drug-likeness (QED) is 0.840. The molecular formula is C12H14N2O3S. The van der Waals surface area contributed by atoms with E-state index in [1.807, 2.05) is 25.1 Å². The summed E-state index contributed by atoms with van der Waals surface area (Å²) in [5.74, 6) is -0.0591. The molecule has 0 atom stereocenters. The fourth-order valence-corrected chi connectivity index (χ4v) is 2.46. The lowest BCUT2D eigenvalue weighted by molar-refractivity contribution is -0.136. The van der Waals surface area contributed by atoms with E-state index in [1.165, 1.54) is 11.3 Å². The summed E-state index contributed by atoms with van der Waals surface area (Å²) in [7, 11) is 0. The van der Waals surface area contributed by atoms with E-state index in [9.17, 15) is 4.79 Å². The monoisotopic (exact) mass is 266 g/mol. The molecule has 0 bridgehead atoms. The molecule has 18 heavy (non-hydrogen) atoms. The largest absolute Gasteiger partial charge is 0.492 e. The second kappa shape index (κ2) is 5.68. The van der Waals surface area contributed by atoms with Crippen LogP contribution in [-0.4, -0.2) is 29.2 Å². The molecule has 0 saturated carbocycles. The molecule has 0 aliphatic rings. The molecular weight excluding hydrogens is 252 g/mol. The van der Waals surface area contributed by atoms with Crippen molar-refractivity contribution in [2.24, 2.45) is 0 Å². The van der Waals surface area contributed by atoms with Gasteiger partial charge in [0.25, 0.3) is 0 Å². The SMILES string of the molecule is CCOc1cccc2sc(NCCC(=O)O)nc12. The molecule has 0 radical (unpaired) electrons. The highest BCUT2D eigenvalue weighted by Gasteiger charge is 2.08. The minimum Gasteiger partial charge on any atom is -0.492 e. The van der Waals surface area contributed by atoms with Gasteiger partial charge in [-0.05, 0) is 19.1 Å². The Bertz CT molecular complexity index is 553. The smallest absolute Gasteiger partial charge is 0.305 e. The van der Waals surface area contributed by atoms with E-state index in [1.54, 1.807) is 0 Å². The number of anilines is 1. The highest BCUT2D eigenvalue weighted by atomic mass is 32.1. The molecule has 0 fully saturated rings. The van der Waals surface area contributed by atoms with Crippen molar-refractivity contribution in [3.05, 3.63) is 18.2 Å². The Morgan fingerprint density at radius 1 is 1.56 bits per heavy atom. The first-order chi connectivity index (χ1) is 8.70. The van der Waals surface area contributed by atoms with E-state index < -0.39 is 5.97 Å². The number of rotatable bonds is 6. The van der Waals surface area contributed by atoms with E-state index in [0.29, 0.717) is 13.2 Å². The van der Waals surface area contributed by atoms with Gasteiger partial charge in [-0.25, -0.2) is 4.98 Å². The van der Waals surface area contributed by atoms with Crippen molar-refractivity contribution in [1.82, 2.24) is 4.98 Å². The Labute approximate surface area is 108 Å². The second-order valence-electron chi connectivity index (χ2n) is 3.63. The number of hydrogen-bond acceptors (Lipinski definition) is 5. The molecule has 6 heteroatoms. The molecule has 96 valence electrons. The van der Waals surface area contributed by atoms with E-state index in [4.69, 9.17) is 9.84 Å². The van der Waals surface area contributed by atoms with Crippen molar-refractivity contribution in [2.75, 3.05) is 18.5 Å². The number of ether oxygens (including phenoxy) is 1. The van der Waals surface area contributed by atoms with Crippen LogP contribution in [0.2, 0.25) is 0 Å². The highest BCUT2D eigenvalue weighted by Crippen LogP contribution is 2.32. The molecule has 2 rings (SSSR count). The highest BCUT2D eigenvalue weighted by molar-refractivity contribution is 7.22. The van der Waals surface area contributed by atoms with Crippen LogP contribution in [0.4, 0.5) is 5.13 Å². The van der Waals surface area contributed by atoms with E-state index >= 15 is 0 Å². The summed E-state index contributed by atoms with van der Waals surface area (Å²) in [4.78, 5) is 14.8. The summed E-state index contributed by atoms with van der Waals surface area (Å²) in [5, 5.41) is 12.3. The zero-order valence-corrected chi connectivity index (χ0v) is 10.8. The number of nitrogens with zero attached hydrogens (tertiary/aromatic N) is 1. The number of thiazole rings is 1. The van der Waals surface area contributed by atoms with Gasteiger partial charge in [0, 0.05) is 6.54 Å². The number of para-hydroxylation sites is 1. The predicted octanol–water partition coefficient (Wildman–Crippen LogP) is 2.58. The Kier molecular flexibility index (Phi) is 3.99. The van der Waals surface area contributed by atoms with Crippen LogP contribution >= 0.6 is 11.3 Å². The molecule has 0 amide bonds. The van der Waals surface area contributed by atoms with Gasteiger partial charge in [0.05, 0.1) is 17.7 Å². The average Bonchev–Trinajstić information content (AvgIpc) is 2.73. The molecule has 0 aliphatic carbocycles. The lowest BCUT2D eigenvalue weighted by Crippen LogP contribution is -2.07. The van der Waals surface area contributed by atoms with Gasteiger partial charge in [-0.1, -0.05) is 17.4 Å². The van der Waals surface area contributed by atoms with E-state index in [2.05, 4.69) is 10.3 Å². The molecule has 0 spiro atoms. The minimum absolute atomic E-state index is 0.0776. The van der Waals surface area contributed by atoms with Gasteiger partial charge in [-0.3, -0.25) is 4.79 Å². The van der Waals surface area contributed by atoms with Crippen LogP contribution in [0.3, 0.4) is 0 Å². The van der Waals surface area contributed by atoms with Crippen LogP contribution in [0.5, 0.6) is 5.75 Å². The van der Waals surface area contributed by atoms with Gasteiger partial charge in [-0.2, -0.15) is 0 Å². The molecule has 1 heterocycles. The number of carboxylic acid groups (broad SMARTS) is 1. The first kappa shape index (κ1) is 12.6. The topological polar surface area (TPSA) is 71.5 Å². The van der Waals surface area contributed by atoms with Crippen LogP contribution in [0.15, 0.2) is 18.2 Å². The summed E-state index contributed by atoms with van der Waals surface area (Å²) in [6.07, 6.45) is 0.0776. The molecule has 0 unspecified atom stereocenters. The van der Waals surface area contributed by atoms with Gasteiger partial charge < -0.3 is 15.2 Å².